The predicted molar refractivity (Wildman–Crippen MR) is 157 cm³/mol. The molecule has 2 atom stereocenters. The summed E-state index contributed by atoms with van der Waals surface area (Å²) in [6, 6.07) is 7.47. The molecule has 0 fully saturated rings. The third-order valence-electron chi connectivity index (χ3n) is 7.03. The van der Waals surface area contributed by atoms with Gasteiger partial charge in [0.25, 0.3) is 0 Å². The molecule has 1 heterocycles. The standard InChI is InChI=1S/C23H31N.C11H16/c1-5-8-20(9-6-2)23(4)21-14-11-17(3)16-19(21)13-12-18-10-7-15-24-22(18)23;1-5-7-8-11(6-2)9-10(3)4/h7-8,10-11,14-16,22,24H,5-6,9,12-13H2,1-4H3;5-8H,2-3,9H2,1,4H3/b20-8+;7-5-,11-8+. The van der Waals surface area contributed by atoms with E-state index in [0.29, 0.717) is 6.04 Å². The maximum atomic E-state index is 3.84. The van der Waals surface area contributed by atoms with Crippen molar-refractivity contribution in [1.29, 1.82) is 0 Å². The zero-order valence-electron chi connectivity index (χ0n) is 23.1. The minimum absolute atomic E-state index is 0.0299. The van der Waals surface area contributed by atoms with Crippen LogP contribution in [-0.2, 0) is 11.8 Å². The van der Waals surface area contributed by atoms with Gasteiger partial charge in [-0.2, -0.15) is 0 Å². The molecule has 35 heavy (non-hydrogen) atoms. The largest absolute Gasteiger partial charge is 0.383 e. The highest BCUT2D eigenvalue weighted by atomic mass is 14.9. The van der Waals surface area contributed by atoms with Crippen molar-refractivity contribution in [3.8, 4) is 0 Å². The van der Waals surface area contributed by atoms with Crippen LogP contribution in [0, 0.1) is 6.92 Å². The number of hydrogen-bond acceptors (Lipinski definition) is 1. The molecule has 3 rings (SSSR count). The van der Waals surface area contributed by atoms with Gasteiger partial charge in [-0.15, -0.1) is 0 Å². The second-order valence-corrected chi connectivity index (χ2v) is 10.1. The molecule has 1 aliphatic carbocycles. The lowest BCUT2D eigenvalue weighted by molar-refractivity contribution is 0.417. The Kier molecular flexibility index (Phi) is 11.3. The van der Waals surface area contributed by atoms with Crippen LogP contribution in [0.2, 0.25) is 0 Å². The molecule has 1 heteroatoms. The molecule has 0 amide bonds. The third-order valence-corrected chi connectivity index (χ3v) is 7.03. The van der Waals surface area contributed by atoms with Gasteiger partial charge in [-0.05, 0) is 94.3 Å². The van der Waals surface area contributed by atoms with Gasteiger partial charge in [0.2, 0.25) is 0 Å². The van der Waals surface area contributed by atoms with E-state index in [4.69, 9.17) is 0 Å². The number of nitrogens with one attached hydrogen (secondary N) is 1. The Bertz CT molecular complexity index is 1030. The van der Waals surface area contributed by atoms with Gasteiger partial charge in [-0.3, -0.25) is 0 Å². The summed E-state index contributed by atoms with van der Waals surface area (Å²) < 4.78 is 0. The summed E-state index contributed by atoms with van der Waals surface area (Å²) in [7, 11) is 0. The van der Waals surface area contributed by atoms with Gasteiger partial charge in [-0.1, -0.05) is 105 Å². The summed E-state index contributed by atoms with van der Waals surface area (Å²) in [6.07, 6.45) is 23.8. The Labute approximate surface area is 215 Å². The van der Waals surface area contributed by atoms with Crippen LogP contribution < -0.4 is 5.32 Å². The van der Waals surface area contributed by atoms with Crippen LogP contribution in [0.4, 0.5) is 0 Å². The number of aryl methyl sites for hydroxylation is 2. The molecule has 1 aliphatic heterocycles. The van der Waals surface area contributed by atoms with Crippen molar-refractivity contribution in [1.82, 2.24) is 5.32 Å². The zero-order chi connectivity index (χ0) is 25.8. The van der Waals surface area contributed by atoms with E-state index >= 15 is 0 Å². The molecule has 188 valence electrons. The summed E-state index contributed by atoms with van der Waals surface area (Å²) >= 11 is 0. The van der Waals surface area contributed by atoms with Gasteiger partial charge < -0.3 is 5.32 Å². The lowest BCUT2D eigenvalue weighted by atomic mass is 9.66. The van der Waals surface area contributed by atoms with E-state index in [-0.39, 0.29) is 5.41 Å². The van der Waals surface area contributed by atoms with Crippen molar-refractivity contribution in [3.05, 3.63) is 119 Å². The van der Waals surface area contributed by atoms with Gasteiger partial charge in [0.1, 0.15) is 0 Å². The molecule has 0 saturated carbocycles. The van der Waals surface area contributed by atoms with E-state index in [2.05, 4.69) is 94.9 Å². The van der Waals surface area contributed by atoms with Crippen molar-refractivity contribution >= 4 is 0 Å². The minimum atomic E-state index is 0.0299. The summed E-state index contributed by atoms with van der Waals surface area (Å²) in [6.45, 7) is 20.8. The van der Waals surface area contributed by atoms with Crippen LogP contribution in [0.15, 0.2) is 102 Å². The SMILES string of the molecule is C=C/C(=C\C=C/C)CC(=C)C.CC/C=C(\CCC)C1(C)c2ccc(C)cc2CCC2=CC=CNC21. The van der Waals surface area contributed by atoms with Crippen LogP contribution in [0.5, 0.6) is 0 Å². The molecular weight excluding hydrogens is 422 g/mol. The minimum Gasteiger partial charge on any atom is -0.383 e. The molecule has 1 nitrogen and oxygen atoms in total. The highest BCUT2D eigenvalue weighted by Crippen LogP contribution is 2.46. The Morgan fingerprint density at radius 3 is 2.63 bits per heavy atom. The predicted octanol–water partition coefficient (Wildman–Crippen LogP) is 9.39. The van der Waals surface area contributed by atoms with Crippen molar-refractivity contribution < 1.29 is 0 Å². The fraction of sp³-hybridized carbons (Fsp3) is 0.412. The fourth-order valence-corrected chi connectivity index (χ4v) is 5.38. The highest BCUT2D eigenvalue weighted by Gasteiger charge is 2.43. The quantitative estimate of drug-likeness (QED) is 0.295. The maximum absolute atomic E-state index is 3.84. The highest BCUT2D eigenvalue weighted by molar-refractivity contribution is 5.51. The van der Waals surface area contributed by atoms with E-state index < -0.39 is 0 Å². The van der Waals surface area contributed by atoms with E-state index in [0.717, 1.165) is 25.7 Å². The van der Waals surface area contributed by atoms with Gasteiger partial charge in [-0.25, -0.2) is 0 Å². The molecule has 0 spiro atoms. The number of hydrogen-bond donors (Lipinski definition) is 1. The number of dihydropyridines is 1. The monoisotopic (exact) mass is 469 g/mol. The molecular formula is C34H47N. The summed E-state index contributed by atoms with van der Waals surface area (Å²) in [5.41, 5.74) is 9.99. The van der Waals surface area contributed by atoms with E-state index in [9.17, 15) is 0 Å². The topological polar surface area (TPSA) is 12.0 Å². The van der Waals surface area contributed by atoms with Gasteiger partial charge >= 0.3 is 0 Å². The molecule has 1 N–H and O–H groups in total. The first-order valence-corrected chi connectivity index (χ1v) is 13.3. The number of benzene rings is 1. The van der Waals surface area contributed by atoms with Crippen LogP contribution in [0.1, 0.15) is 83.4 Å². The molecule has 0 saturated heterocycles. The Hall–Kier alpha value is -2.80. The average molecular weight is 470 g/mol. The first-order chi connectivity index (χ1) is 16.8. The Morgan fingerprint density at radius 1 is 1.23 bits per heavy atom. The molecule has 2 aliphatic rings. The van der Waals surface area contributed by atoms with Crippen LogP contribution in [0.25, 0.3) is 0 Å². The van der Waals surface area contributed by atoms with E-state index in [1.165, 1.54) is 40.7 Å². The van der Waals surface area contributed by atoms with Crippen LogP contribution in [0.3, 0.4) is 0 Å². The second-order valence-electron chi connectivity index (χ2n) is 10.1. The Morgan fingerprint density at radius 2 is 2.00 bits per heavy atom. The first-order valence-electron chi connectivity index (χ1n) is 13.3. The number of fused-ring (bicyclic) bond motifs is 2. The molecule has 0 radical (unpaired) electrons. The summed E-state index contributed by atoms with van der Waals surface area (Å²) in [4.78, 5) is 0. The van der Waals surface area contributed by atoms with Gasteiger partial charge in [0.05, 0.1) is 6.04 Å². The average Bonchev–Trinajstić information content (AvgIpc) is 2.97. The summed E-state index contributed by atoms with van der Waals surface area (Å²) in [5, 5.41) is 3.71. The normalized spacial score (nSPS) is 21.7. The molecule has 1 aromatic rings. The Balaban J connectivity index is 0.000000334. The van der Waals surface area contributed by atoms with E-state index in [1.807, 2.05) is 32.1 Å². The lowest BCUT2D eigenvalue weighted by Crippen LogP contribution is -2.47. The second kappa shape index (κ2) is 13.9. The van der Waals surface area contributed by atoms with Crippen molar-refractivity contribution in [2.75, 3.05) is 0 Å². The molecule has 1 aromatic carbocycles. The molecule has 2 unspecified atom stereocenters. The zero-order valence-corrected chi connectivity index (χ0v) is 23.1. The lowest BCUT2D eigenvalue weighted by Gasteiger charge is -2.42. The fourth-order valence-electron chi connectivity index (χ4n) is 5.38. The molecule has 0 bridgehead atoms. The maximum Gasteiger partial charge on any atom is 0.0603 e. The molecule has 0 aromatic heterocycles. The van der Waals surface area contributed by atoms with Crippen LogP contribution >= 0.6 is 0 Å². The van der Waals surface area contributed by atoms with Gasteiger partial charge in [0.15, 0.2) is 0 Å². The smallest absolute Gasteiger partial charge is 0.0603 e. The number of rotatable bonds is 8. The van der Waals surface area contributed by atoms with Gasteiger partial charge in [0, 0.05) is 5.41 Å². The van der Waals surface area contributed by atoms with E-state index in [1.54, 1.807) is 11.1 Å². The third kappa shape index (κ3) is 7.34. The van der Waals surface area contributed by atoms with Crippen molar-refractivity contribution in [2.45, 2.75) is 91.5 Å². The van der Waals surface area contributed by atoms with Crippen molar-refractivity contribution in [3.63, 3.8) is 0 Å². The first kappa shape index (κ1) is 28.4. The number of allylic oxidation sites excluding steroid dienone is 9. The summed E-state index contributed by atoms with van der Waals surface area (Å²) in [5.74, 6) is 0. The van der Waals surface area contributed by atoms with Crippen LogP contribution in [-0.4, -0.2) is 6.04 Å². The van der Waals surface area contributed by atoms with Crippen molar-refractivity contribution in [2.24, 2.45) is 0 Å².